The number of nitrogens with zero attached hydrogens (tertiary/aromatic N) is 4. The number of carbonyl (C=O) groups excluding carboxylic acids is 1. The smallest absolute Gasteiger partial charge is 0.241 e. The van der Waals surface area contributed by atoms with E-state index in [2.05, 4.69) is 33.2 Å². The van der Waals surface area contributed by atoms with Crippen LogP contribution in [-0.2, 0) is 17.8 Å². The highest BCUT2D eigenvalue weighted by Gasteiger charge is 2.25. The third-order valence-corrected chi connectivity index (χ3v) is 5.30. The van der Waals surface area contributed by atoms with Crippen molar-refractivity contribution >= 4 is 11.6 Å². The fraction of sp³-hybridized carbons (Fsp3) is 0.500. The minimum Gasteiger partial charge on any atom is -0.361 e. The molecule has 1 fully saturated rings. The van der Waals surface area contributed by atoms with Crippen LogP contribution in [0.15, 0.2) is 34.9 Å². The Labute approximate surface area is 154 Å². The van der Waals surface area contributed by atoms with Gasteiger partial charge in [0.15, 0.2) is 0 Å². The van der Waals surface area contributed by atoms with E-state index in [1.165, 1.54) is 5.56 Å². The second-order valence-electron chi connectivity index (χ2n) is 7.26. The molecule has 6 heteroatoms. The van der Waals surface area contributed by atoms with Gasteiger partial charge in [0.25, 0.3) is 0 Å². The quantitative estimate of drug-likeness (QED) is 0.841. The number of piperazine rings is 1. The number of fused-ring (bicyclic) bond motifs is 1. The molecule has 2 aromatic rings. The molecule has 0 spiro atoms. The fourth-order valence-electron chi connectivity index (χ4n) is 3.90. The Hall–Kier alpha value is -2.18. The Morgan fingerprint density at radius 3 is 2.65 bits per heavy atom. The highest BCUT2D eigenvalue weighted by molar-refractivity contribution is 5.95. The molecule has 4 rings (SSSR count). The van der Waals surface area contributed by atoms with E-state index in [4.69, 9.17) is 4.52 Å². The van der Waals surface area contributed by atoms with Crippen LogP contribution in [0.3, 0.4) is 0 Å². The highest BCUT2D eigenvalue weighted by atomic mass is 16.5. The van der Waals surface area contributed by atoms with Gasteiger partial charge in [0.2, 0.25) is 5.91 Å². The van der Waals surface area contributed by atoms with E-state index in [-0.39, 0.29) is 5.91 Å². The number of benzene rings is 1. The number of aromatic nitrogens is 1. The molecule has 138 valence electrons. The van der Waals surface area contributed by atoms with Crippen molar-refractivity contribution in [1.82, 2.24) is 15.0 Å². The fourth-order valence-corrected chi connectivity index (χ4v) is 3.90. The van der Waals surface area contributed by atoms with Crippen LogP contribution in [0.1, 0.15) is 23.4 Å². The molecule has 1 saturated heterocycles. The molecule has 0 radical (unpaired) electrons. The number of carbonyl (C=O) groups is 1. The van der Waals surface area contributed by atoms with Crippen molar-refractivity contribution in [2.24, 2.45) is 0 Å². The molecule has 1 aromatic carbocycles. The summed E-state index contributed by atoms with van der Waals surface area (Å²) in [5.74, 6) is 1.07. The maximum absolute atomic E-state index is 12.9. The van der Waals surface area contributed by atoms with E-state index in [1.807, 2.05) is 24.0 Å². The summed E-state index contributed by atoms with van der Waals surface area (Å²) in [5.41, 5.74) is 3.38. The van der Waals surface area contributed by atoms with Crippen LogP contribution in [0.2, 0.25) is 0 Å². The number of hydrogen-bond acceptors (Lipinski definition) is 5. The molecule has 1 amide bonds. The van der Waals surface area contributed by atoms with E-state index < -0.39 is 0 Å². The van der Waals surface area contributed by atoms with Crippen molar-refractivity contribution in [2.75, 3.05) is 44.2 Å². The largest absolute Gasteiger partial charge is 0.361 e. The first kappa shape index (κ1) is 17.2. The molecule has 3 heterocycles. The lowest BCUT2D eigenvalue weighted by Gasteiger charge is -2.36. The second kappa shape index (κ2) is 7.60. The van der Waals surface area contributed by atoms with Crippen LogP contribution in [0.25, 0.3) is 0 Å². The van der Waals surface area contributed by atoms with Crippen LogP contribution in [0, 0.1) is 6.92 Å². The van der Waals surface area contributed by atoms with Gasteiger partial charge in [-0.25, -0.2) is 0 Å². The van der Waals surface area contributed by atoms with E-state index in [0.29, 0.717) is 6.54 Å². The first-order valence-electron chi connectivity index (χ1n) is 9.44. The predicted octanol–water partition coefficient (Wildman–Crippen LogP) is 2.08. The monoisotopic (exact) mass is 354 g/mol. The molecule has 6 nitrogen and oxygen atoms in total. The van der Waals surface area contributed by atoms with Crippen LogP contribution < -0.4 is 4.90 Å². The third kappa shape index (κ3) is 3.81. The third-order valence-electron chi connectivity index (χ3n) is 5.30. The summed E-state index contributed by atoms with van der Waals surface area (Å²) < 4.78 is 5.14. The summed E-state index contributed by atoms with van der Waals surface area (Å²) in [6.07, 6.45) is 2.12. The van der Waals surface area contributed by atoms with Gasteiger partial charge in [-0.15, -0.1) is 0 Å². The zero-order chi connectivity index (χ0) is 17.9. The molecule has 26 heavy (non-hydrogen) atoms. The Balaban J connectivity index is 1.30. The van der Waals surface area contributed by atoms with Crippen LogP contribution in [0.4, 0.5) is 5.69 Å². The number of hydrogen-bond donors (Lipinski definition) is 0. The number of para-hydroxylation sites is 1. The topological polar surface area (TPSA) is 52.8 Å². The lowest BCUT2D eigenvalue weighted by atomic mass is 10.0. The summed E-state index contributed by atoms with van der Waals surface area (Å²) in [7, 11) is 0. The number of aryl methyl sites for hydroxylation is 2. The molecule has 0 atom stereocenters. The normalized spacial score (nSPS) is 18.7. The Morgan fingerprint density at radius 1 is 1.12 bits per heavy atom. The van der Waals surface area contributed by atoms with Crippen molar-refractivity contribution in [3.05, 3.63) is 47.3 Å². The molecule has 0 bridgehead atoms. The molecule has 2 aliphatic heterocycles. The number of rotatable bonds is 4. The van der Waals surface area contributed by atoms with Crippen LogP contribution >= 0.6 is 0 Å². The van der Waals surface area contributed by atoms with E-state index >= 15 is 0 Å². The van der Waals surface area contributed by atoms with Crippen molar-refractivity contribution in [2.45, 2.75) is 26.3 Å². The maximum atomic E-state index is 12.9. The molecular weight excluding hydrogens is 328 g/mol. The van der Waals surface area contributed by atoms with Crippen LogP contribution in [-0.4, -0.2) is 60.1 Å². The van der Waals surface area contributed by atoms with Gasteiger partial charge >= 0.3 is 0 Å². The van der Waals surface area contributed by atoms with Gasteiger partial charge in [-0.1, -0.05) is 23.4 Å². The zero-order valence-corrected chi connectivity index (χ0v) is 15.4. The van der Waals surface area contributed by atoms with Crippen molar-refractivity contribution < 1.29 is 9.32 Å². The van der Waals surface area contributed by atoms with Gasteiger partial charge in [0, 0.05) is 51.0 Å². The molecule has 0 unspecified atom stereocenters. The molecule has 0 saturated carbocycles. The summed E-state index contributed by atoms with van der Waals surface area (Å²) in [6, 6.07) is 10.3. The van der Waals surface area contributed by atoms with Gasteiger partial charge in [-0.2, -0.15) is 0 Å². The van der Waals surface area contributed by atoms with Crippen LogP contribution in [0.5, 0.6) is 0 Å². The van der Waals surface area contributed by atoms with E-state index in [9.17, 15) is 4.79 Å². The maximum Gasteiger partial charge on any atom is 0.241 e. The summed E-state index contributed by atoms with van der Waals surface area (Å²) in [6.45, 7) is 7.81. The Kier molecular flexibility index (Phi) is 5.04. The molecule has 1 aromatic heterocycles. The summed E-state index contributed by atoms with van der Waals surface area (Å²) in [5, 5.41) is 4.07. The molecule has 2 aliphatic rings. The lowest BCUT2D eigenvalue weighted by molar-refractivity contribution is -0.120. The first-order valence-corrected chi connectivity index (χ1v) is 9.44. The van der Waals surface area contributed by atoms with Gasteiger partial charge in [-0.3, -0.25) is 14.6 Å². The minimum absolute atomic E-state index is 0.220. The highest BCUT2D eigenvalue weighted by Crippen LogP contribution is 2.26. The summed E-state index contributed by atoms with van der Waals surface area (Å²) >= 11 is 0. The first-order chi connectivity index (χ1) is 12.7. The number of amides is 1. The lowest BCUT2D eigenvalue weighted by Crippen LogP contribution is -2.50. The molecular formula is C20H26N4O2. The van der Waals surface area contributed by atoms with Gasteiger partial charge in [0.05, 0.1) is 12.2 Å². The SMILES string of the molecule is Cc1cc(CN2CCN(CC(=O)N3CCCc4ccccc43)CC2)no1. The molecule has 0 aliphatic carbocycles. The van der Waals surface area contributed by atoms with Crippen molar-refractivity contribution in [1.29, 1.82) is 0 Å². The average Bonchev–Trinajstić information content (AvgIpc) is 3.07. The second-order valence-corrected chi connectivity index (χ2v) is 7.26. The molecule has 0 N–H and O–H groups in total. The van der Waals surface area contributed by atoms with E-state index in [1.54, 1.807) is 0 Å². The Bertz CT molecular complexity index is 765. The van der Waals surface area contributed by atoms with Gasteiger partial charge < -0.3 is 9.42 Å². The van der Waals surface area contributed by atoms with Gasteiger partial charge in [-0.05, 0) is 31.4 Å². The number of anilines is 1. The van der Waals surface area contributed by atoms with E-state index in [0.717, 1.165) is 69.3 Å². The summed E-state index contributed by atoms with van der Waals surface area (Å²) in [4.78, 5) is 19.5. The standard InChI is InChI=1S/C20H26N4O2/c1-16-13-18(21-26-16)14-22-9-11-23(12-10-22)15-20(25)24-8-4-6-17-5-2-3-7-19(17)24/h2-3,5,7,13H,4,6,8-12,14-15H2,1H3. The average molecular weight is 354 g/mol. The van der Waals surface area contributed by atoms with Crippen molar-refractivity contribution in [3.8, 4) is 0 Å². The minimum atomic E-state index is 0.220. The van der Waals surface area contributed by atoms with Gasteiger partial charge in [0.1, 0.15) is 5.76 Å². The Morgan fingerprint density at radius 2 is 1.88 bits per heavy atom. The zero-order valence-electron chi connectivity index (χ0n) is 15.4. The van der Waals surface area contributed by atoms with Crippen molar-refractivity contribution in [3.63, 3.8) is 0 Å². The predicted molar refractivity (Wildman–Crippen MR) is 100 cm³/mol.